The molecule has 1 aliphatic heterocycles. The van der Waals surface area contributed by atoms with Crippen LogP contribution in [0, 0.1) is 0 Å². The molecule has 0 fully saturated rings. The predicted octanol–water partition coefficient (Wildman–Crippen LogP) is 2.48. The van der Waals surface area contributed by atoms with Crippen molar-refractivity contribution in [2.75, 3.05) is 12.3 Å². The number of amides is 2. The second-order valence-corrected chi connectivity index (χ2v) is 7.78. The molecule has 16 heavy (non-hydrogen) atoms. The van der Waals surface area contributed by atoms with E-state index in [-0.39, 0.29) is 16.6 Å². The molecule has 0 bridgehead atoms. The van der Waals surface area contributed by atoms with Gasteiger partial charge in [-0.1, -0.05) is 42.4 Å². The molecule has 5 heteroatoms. The Labute approximate surface area is 104 Å². The zero-order valence-electron chi connectivity index (χ0n) is 9.86. The molecule has 0 N–H and O–H groups in total. The maximum atomic E-state index is 11.2. The number of hydrogen-bond acceptors (Lipinski definition) is 4. The van der Waals surface area contributed by atoms with Crippen molar-refractivity contribution in [1.29, 1.82) is 0 Å². The van der Waals surface area contributed by atoms with Crippen molar-refractivity contribution in [1.82, 2.24) is 4.90 Å². The molecule has 0 aromatic rings. The summed E-state index contributed by atoms with van der Waals surface area (Å²) in [6, 6.07) is 0. The van der Waals surface area contributed by atoms with Crippen molar-refractivity contribution < 1.29 is 9.59 Å². The van der Waals surface area contributed by atoms with Crippen LogP contribution in [0.15, 0.2) is 12.2 Å². The van der Waals surface area contributed by atoms with Crippen LogP contribution in [0.4, 0.5) is 0 Å². The summed E-state index contributed by atoms with van der Waals surface area (Å²) >= 11 is 0. The molecule has 1 rings (SSSR count). The number of rotatable bonds is 5. The minimum atomic E-state index is -0.182. The van der Waals surface area contributed by atoms with Gasteiger partial charge in [0.2, 0.25) is 0 Å². The summed E-state index contributed by atoms with van der Waals surface area (Å²) in [6.07, 6.45) is 3.52. The van der Waals surface area contributed by atoms with Crippen LogP contribution < -0.4 is 0 Å². The SMILES string of the molecule is CC(C)(C)SSCCCN1C(=O)C=CC1=O. The highest BCUT2D eigenvalue weighted by molar-refractivity contribution is 8.77. The highest BCUT2D eigenvalue weighted by Gasteiger charge is 2.22. The van der Waals surface area contributed by atoms with Crippen molar-refractivity contribution in [3.8, 4) is 0 Å². The van der Waals surface area contributed by atoms with Gasteiger partial charge in [-0.3, -0.25) is 14.5 Å². The van der Waals surface area contributed by atoms with E-state index in [4.69, 9.17) is 0 Å². The van der Waals surface area contributed by atoms with Crippen LogP contribution >= 0.6 is 21.6 Å². The third-order valence-electron chi connectivity index (χ3n) is 1.82. The summed E-state index contributed by atoms with van der Waals surface area (Å²) in [5.41, 5.74) is 0. The quantitative estimate of drug-likeness (QED) is 0.432. The van der Waals surface area contributed by atoms with Crippen LogP contribution in [0.1, 0.15) is 27.2 Å². The van der Waals surface area contributed by atoms with Gasteiger partial charge < -0.3 is 0 Å². The summed E-state index contributed by atoms with van der Waals surface area (Å²) in [6.45, 7) is 7.04. The number of nitrogens with zero attached hydrogens (tertiary/aromatic N) is 1. The average molecular weight is 259 g/mol. The molecule has 0 aromatic heterocycles. The Bertz CT molecular complexity index is 290. The van der Waals surface area contributed by atoms with Gasteiger partial charge >= 0.3 is 0 Å². The normalized spacial score (nSPS) is 16.3. The molecular formula is C11H17NO2S2. The van der Waals surface area contributed by atoms with Gasteiger partial charge in [0.15, 0.2) is 0 Å². The summed E-state index contributed by atoms with van der Waals surface area (Å²) in [4.78, 5) is 23.7. The monoisotopic (exact) mass is 259 g/mol. The van der Waals surface area contributed by atoms with Gasteiger partial charge in [0.1, 0.15) is 0 Å². The summed E-state index contributed by atoms with van der Waals surface area (Å²) in [5.74, 6) is 0.593. The Hall–Kier alpha value is -0.420. The van der Waals surface area contributed by atoms with E-state index in [9.17, 15) is 9.59 Å². The van der Waals surface area contributed by atoms with E-state index < -0.39 is 0 Å². The predicted molar refractivity (Wildman–Crippen MR) is 70.3 cm³/mol. The minimum Gasteiger partial charge on any atom is -0.275 e. The Morgan fingerprint density at radius 3 is 2.25 bits per heavy atom. The van der Waals surface area contributed by atoms with Gasteiger partial charge in [0.05, 0.1) is 0 Å². The van der Waals surface area contributed by atoms with Crippen molar-refractivity contribution in [2.45, 2.75) is 31.9 Å². The van der Waals surface area contributed by atoms with Crippen molar-refractivity contribution in [3.05, 3.63) is 12.2 Å². The summed E-state index contributed by atoms with van der Waals surface area (Å²) in [5, 5.41) is 0. The highest BCUT2D eigenvalue weighted by Crippen LogP contribution is 2.35. The van der Waals surface area contributed by atoms with Gasteiger partial charge in [-0.25, -0.2) is 0 Å². The van der Waals surface area contributed by atoms with Crippen LogP contribution in [-0.2, 0) is 9.59 Å². The van der Waals surface area contributed by atoms with Crippen molar-refractivity contribution in [2.24, 2.45) is 0 Å². The molecule has 1 heterocycles. The zero-order chi connectivity index (χ0) is 12.2. The van der Waals surface area contributed by atoms with Crippen molar-refractivity contribution in [3.63, 3.8) is 0 Å². The van der Waals surface area contributed by atoms with Crippen LogP contribution in [0.25, 0.3) is 0 Å². The number of imide groups is 1. The molecule has 0 aliphatic carbocycles. The molecule has 0 saturated heterocycles. The fourth-order valence-electron chi connectivity index (χ4n) is 1.15. The minimum absolute atomic E-state index is 0.182. The lowest BCUT2D eigenvalue weighted by atomic mass is 10.3. The molecule has 0 radical (unpaired) electrons. The van der Waals surface area contributed by atoms with Gasteiger partial charge in [0, 0.05) is 29.2 Å². The van der Waals surface area contributed by atoms with Gasteiger partial charge in [0.25, 0.3) is 11.8 Å². The maximum Gasteiger partial charge on any atom is 0.253 e. The Morgan fingerprint density at radius 2 is 1.75 bits per heavy atom. The third-order valence-corrected chi connectivity index (χ3v) is 5.25. The fraction of sp³-hybridized carbons (Fsp3) is 0.636. The fourth-order valence-corrected chi connectivity index (χ4v) is 3.50. The number of carbonyl (C=O) groups excluding carboxylic acids is 2. The lowest BCUT2D eigenvalue weighted by Gasteiger charge is -2.17. The molecule has 90 valence electrons. The van der Waals surface area contributed by atoms with E-state index in [1.165, 1.54) is 17.1 Å². The molecule has 3 nitrogen and oxygen atoms in total. The molecule has 0 aromatic carbocycles. The van der Waals surface area contributed by atoms with Gasteiger partial charge in [-0.15, -0.1) is 0 Å². The molecule has 2 amide bonds. The summed E-state index contributed by atoms with van der Waals surface area (Å²) in [7, 11) is 3.62. The van der Waals surface area contributed by atoms with Crippen LogP contribution in [-0.4, -0.2) is 33.8 Å². The van der Waals surface area contributed by atoms with Gasteiger partial charge in [-0.2, -0.15) is 0 Å². The first-order valence-corrected chi connectivity index (χ1v) is 7.56. The Morgan fingerprint density at radius 1 is 1.19 bits per heavy atom. The molecule has 0 unspecified atom stereocenters. The van der Waals surface area contributed by atoms with Crippen LogP contribution in [0.2, 0.25) is 0 Å². The third kappa shape index (κ3) is 4.61. The largest absolute Gasteiger partial charge is 0.275 e. The number of carbonyl (C=O) groups is 2. The lowest BCUT2D eigenvalue weighted by molar-refractivity contribution is -0.136. The second-order valence-electron chi connectivity index (χ2n) is 4.53. The maximum absolute atomic E-state index is 11.2. The standard InChI is InChI=1S/C11H17NO2S2/c1-11(2,3)16-15-8-4-7-12-9(13)5-6-10(12)14/h5-6H,4,7-8H2,1-3H3. The molecular weight excluding hydrogens is 242 g/mol. The Balaban J connectivity index is 2.13. The van der Waals surface area contributed by atoms with E-state index in [1.54, 1.807) is 10.8 Å². The average Bonchev–Trinajstić information content (AvgIpc) is 2.46. The second kappa shape index (κ2) is 5.77. The molecule has 1 aliphatic rings. The topological polar surface area (TPSA) is 37.4 Å². The van der Waals surface area contributed by atoms with Gasteiger partial charge in [-0.05, 0) is 6.42 Å². The van der Waals surface area contributed by atoms with Crippen LogP contribution in [0.3, 0.4) is 0 Å². The smallest absolute Gasteiger partial charge is 0.253 e. The van der Waals surface area contributed by atoms with E-state index in [2.05, 4.69) is 20.8 Å². The molecule has 0 saturated carbocycles. The van der Waals surface area contributed by atoms with E-state index in [1.807, 2.05) is 10.8 Å². The van der Waals surface area contributed by atoms with E-state index >= 15 is 0 Å². The van der Waals surface area contributed by atoms with E-state index in [0.29, 0.717) is 6.54 Å². The first kappa shape index (κ1) is 13.6. The first-order valence-electron chi connectivity index (χ1n) is 5.24. The van der Waals surface area contributed by atoms with E-state index in [0.717, 1.165) is 12.2 Å². The highest BCUT2D eigenvalue weighted by atomic mass is 33.1. The Kier molecular flexibility index (Phi) is 4.92. The summed E-state index contributed by atoms with van der Waals surface area (Å²) < 4.78 is 0.255. The molecule has 0 atom stereocenters. The zero-order valence-corrected chi connectivity index (χ0v) is 11.5. The van der Waals surface area contributed by atoms with Crippen molar-refractivity contribution >= 4 is 33.4 Å². The van der Waals surface area contributed by atoms with Crippen LogP contribution in [0.5, 0.6) is 0 Å². The lowest BCUT2D eigenvalue weighted by Crippen LogP contribution is -2.31. The number of hydrogen-bond donors (Lipinski definition) is 0. The first-order chi connectivity index (χ1) is 7.40. The molecule has 0 spiro atoms.